The first-order valence-corrected chi connectivity index (χ1v) is 16.1. The van der Waals surface area contributed by atoms with Crippen molar-refractivity contribution in [3.8, 4) is 0 Å². The molecule has 1 fully saturated rings. The fourth-order valence-electron chi connectivity index (χ4n) is 5.03. The molecule has 6 rings (SSSR count). The van der Waals surface area contributed by atoms with E-state index in [2.05, 4.69) is 15.6 Å². The van der Waals surface area contributed by atoms with Crippen LogP contribution in [0.15, 0.2) is 107 Å². The molecule has 44 heavy (non-hydrogen) atoms. The lowest BCUT2D eigenvalue weighted by molar-refractivity contribution is -0.119. The smallest absolute Gasteiger partial charge is 0.256 e. The van der Waals surface area contributed by atoms with Crippen LogP contribution in [0.4, 0.5) is 5.69 Å². The Morgan fingerprint density at radius 1 is 0.841 bits per heavy atom. The number of ether oxygens (including phenoxy) is 1. The van der Waals surface area contributed by atoms with Crippen LogP contribution in [-0.4, -0.2) is 59.7 Å². The van der Waals surface area contributed by atoms with Gasteiger partial charge in [-0.3, -0.25) is 14.4 Å². The highest BCUT2D eigenvalue weighted by Gasteiger charge is 2.23. The summed E-state index contributed by atoms with van der Waals surface area (Å²) >= 11 is 2.84. The second-order valence-corrected chi connectivity index (χ2v) is 12.4. The van der Waals surface area contributed by atoms with Gasteiger partial charge >= 0.3 is 0 Å². The molecule has 222 valence electrons. The van der Waals surface area contributed by atoms with Gasteiger partial charge < -0.3 is 20.3 Å². The molecular formula is C34H30N4O4S2. The van der Waals surface area contributed by atoms with Gasteiger partial charge in [0.1, 0.15) is 0 Å². The summed E-state index contributed by atoms with van der Waals surface area (Å²) in [5, 5.41) is 6.10. The molecule has 1 aliphatic heterocycles. The van der Waals surface area contributed by atoms with Crippen molar-refractivity contribution in [1.29, 1.82) is 0 Å². The standard InChI is InChI=1S/C34H30N4O4S2/c39-30(37-31(23-9-3-1-4-10-23)24-11-5-2-6-12-24)22-43-34-36-28-16-15-25(21-29(28)44-34)35-32(40)26-13-7-8-14-27(26)33(41)38-17-19-42-20-18-38/h1-16,21,31H,17-20,22H2,(H,35,40)(H,37,39). The Bertz CT molecular complexity index is 1730. The Balaban J connectivity index is 1.11. The Morgan fingerprint density at radius 2 is 1.48 bits per heavy atom. The summed E-state index contributed by atoms with van der Waals surface area (Å²) in [5.41, 5.74) is 4.09. The van der Waals surface area contributed by atoms with E-state index in [0.717, 1.165) is 25.7 Å². The minimum Gasteiger partial charge on any atom is -0.378 e. The van der Waals surface area contributed by atoms with Crippen molar-refractivity contribution < 1.29 is 19.1 Å². The molecule has 0 unspecified atom stereocenters. The number of morpholine rings is 1. The number of carbonyl (C=O) groups is 3. The van der Waals surface area contributed by atoms with Crippen molar-refractivity contribution in [3.05, 3.63) is 125 Å². The van der Waals surface area contributed by atoms with Gasteiger partial charge in [0.05, 0.1) is 46.4 Å². The third-order valence-electron chi connectivity index (χ3n) is 7.22. The van der Waals surface area contributed by atoms with E-state index in [1.807, 2.05) is 72.8 Å². The Kier molecular flexibility index (Phi) is 9.31. The van der Waals surface area contributed by atoms with E-state index in [-0.39, 0.29) is 29.5 Å². The molecule has 2 N–H and O–H groups in total. The summed E-state index contributed by atoms with van der Waals surface area (Å²) in [6.45, 7) is 1.97. The van der Waals surface area contributed by atoms with Crippen LogP contribution in [0.3, 0.4) is 0 Å². The summed E-state index contributed by atoms with van der Waals surface area (Å²) in [6.07, 6.45) is 0. The van der Waals surface area contributed by atoms with Crippen LogP contribution in [0.25, 0.3) is 10.2 Å². The summed E-state index contributed by atoms with van der Waals surface area (Å²) in [6, 6.07) is 31.9. The first kappa shape index (κ1) is 29.6. The number of nitrogens with zero attached hydrogens (tertiary/aromatic N) is 2. The van der Waals surface area contributed by atoms with Crippen LogP contribution in [-0.2, 0) is 9.53 Å². The summed E-state index contributed by atoms with van der Waals surface area (Å²) in [5.74, 6) is -0.413. The zero-order valence-electron chi connectivity index (χ0n) is 23.8. The third-order valence-corrected chi connectivity index (χ3v) is 9.39. The second-order valence-electron chi connectivity index (χ2n) is 10.2. The number of hydrogen-bond acceptors (Lipinski definition) is 7. The summed E-state index contributed by atoms with van der Waals surface area (Å²) < 4.78 is 7.00. The monoisotopic (exact) mass is 622 g/mol. The molecule has 0 atom stereocenters. The fraction of sp³-hybridized carbons (Fsp3) is 0.176. The molecule has 0 bridgehead atoms. The molecular weight excluding hydrogens is 593 g/mol. The highest BCUT2D eigenvalue weighted by Crippen LogP contribution is 2.32. The van der Waals surface area contributed by atoms with Gasteiger partial charge in [-0.2, -0.15) is 0 Å². The maximum Gasteiger partial charge on any atom is 0.256 e. The summed E-state index contributed by atoms with van der Waals surface area (Å²) in [4.78, 5) is 45.8. The number of aromatic nitrogens is 1. The highest BCUT2D eigenvalue weighted by atomic mass is 32.2. The van der Waals surface area contributed by atoms with Crippen LogP contribution >= 0.6 is 23.1 Å². The van der Waals surface area contributed by atoms with E-state index >= 15 is 0 Å². The quantitative estimate of drug-likeness (QED) is 0.195. The maximum absolute atomic E-state index is 13.3. The molecule has 0 saturated carbocycles. The number of thioether (sulfide) groups is 1. The van der Waals surface area contributed by atoms with E-state index in [4.69, 9.17) is 4.74 Å². The van der Waals surface area contributed by atoms with Crippen molar-refractivity contribution in [2.75, 3.05) is 37.4 Å². The van der Waals surface area contributed by atoms with Gasteiger partial charge in [-0.1, -0.05) is 84.6 Å². The highest BCUT2D eigenvalue weighted by molar-refractivity contribution is 8.01. The van der Waals surface area contributed by atoms with Gasteiger partial charge in [-0.15, -0.1) is 11.3 Å². The average molecular weight is 623 g/mol. The van der Waals surface area contributed by atoms with Crippen molar-refractivity contribution in [2.45, 2.75) is 10.4 Å². The lowest BCUT2D eigenvalue weighted by atomic mass is 9.99. The van der Waals surface area contributed by atoms with E-state index in [1.54, 1.807) is 35.2 Å². The SMILES string of the molecule is O=C(CSc1nc2ccc(NC(=O)c3ccccc3C(=O)N3CCOCC3)cc2s1)NC(c1ccccc1)c1ccccc1. The fourth-order valence-corrected chi connectivity index (χ4v) is 6.94. The van der Waals surface area contributed by atoms with Crippen molar-refractivity contribution in [2.24, 2.45) is 0 Å². The maximum atomic E-state index is 13.3. The molecule has 1 aromatic heterocycles. The molecule has 0 aliphatic carbocycles. The molecule has 1 saturated heterocycles. The topological polar surface area (TPSA) is 101 Å². The average Bonchev–Trinajstić information content (AvgIpc) is 3.49. The zero-order valence-corrected chi connectivity index (χ0v) is 25.4. The van der Waals surface area contributed by atoms with E-state index < -0.39 is 0 Å². The largest absolute Gasteiger partial charge is 0.378 e. The van der Waals surface area contributed by atoms with Gasteiger partial charge in [-0.05, 0) is 41.5 Å². The number of anilines is 1. The van der Waals surface area contributed by atoms with Crippen LogP contribution in [0.2, 0.25) is 0 Å². The normalized spacial score (nSPS) is 13.2. The molecule has 4 aromatic carbocycles. The number of rotatable bonds is 9. The predicted octanol–water partition coefficient (Wildman–Crippen LogP) is 6.02. The molecule has 1 aliphatic rings. The molecule has 2 heterocycles. The Labute approximate surface area is 263 Å². The molecule has 10 heteroatoms. The first-order chi connectivity index (χ1) is 21.5. The van der Waals surface area contributed by atoms with Crippen LogP contribution in [0.5, 0.6) is 0 Å². The van der Waals surface area contributed by atoms with Gasteiger partial charge in [0.15, 0.2) is 4.34 Å². The number of benzene rings is 4. The zero-order chi connectivity index (χ0) is 30.3. The summed E-state index contributed by atoms with van der Waals surface area (Å²) in [7, 11) is 0. The lowest BCUT2D eigenvalue weighted by Crippen LogP contribution is -2.41. The van der Waals surface area contributed by atoms with Crippen molar-refractivity contribution in [3.63, 3.8) is 0 Å². The minimum absolute atomic E-state index is 0.0924. The second kappa shape index (κ2) is 13.9. The predicted molar refractivity (Wildman–Crippen MR) is 174 cm³/mol. The van der Waals surface area contributed by atoms with Crippen LogP contribution in [0, 0.1) is 0 Å². The number of hydrogen-bond donors (Lipinski definition) is 2. The van der Waals surface area contributed by atoms with E-state index in [1.165, 1.54) is 23.1 Å². The molecule has 5 aromatic rings. The van der Waals surface area contributed by atoms with Gasteiger partial charge in [0, 0.05) is 18.8 Å². The van der Waals surface area contributed by atoms with Crippen molar-refractivity contribution in [1.82, 2.24) is 15.2 Å². The number of thiazole rings is 1. The molecule has 0 radical (unpaired) electrons. The van der Waals surface area contributed by atoms with E-state index in [0.29, 0.717) is 43.1 Å². The molecule has 0 spiro atoms. The number of nitrogens with one attached hydrogen (secondary N) is 2. The van der Waals surface area contributed by atoms with Crippen molar-refractivity contribution >= 4 is 56.7 Å². The number of fused-ring (bicyclic) bond motifs is 1. The van der Waals surface area contributed by atoms with Crippen LogP contribution < -0.4 is 10.6 Å². The minimum atomic E-state index is -0.358. The van der Waals surface area contributed by atoms with Gasteiger partial charge in [0.2, 0.25) is 5.91 Å². The van der Waals surface area contributed by atoms with Crippen LogP contribution in [0.1, 0.15) is 37.9 Å². The van der Waals surface area contributed by atoms with Gasteiger partial charge in [-0.25, -0.2) is 4.98 Å². The Morgan fingerprint density at radius 3 is 2.16 bits per heavy atom. The lowest BCUT2D eigenvalue weighted by Gasteiger charge is -2.27. The number of amides is 3. The Hall–Kier alpha value is -4.51. The number of carbonyl (C=O) groups excluding carboxylic acids is 3. The molecule has 3 amide bonds. The first-order valence-electron chi connectivity index (χ1n) is 14.3. The molecule has 8 nitrogen and oxygen atoms in total. The van der Waals surface area contributed by atoms with Gasteiger partial charge in [0.25, 0.3) is 11.8 Å². The third kappa shape index (κ3) is 6.99. The van der Waals surface area contributed by atoms with E-state index in [9.17, 15) is 14.4 Å².